The van der Waals surface area contributed by atoms with Gasteiger partial charge in [-0.25, -0.2) is 4.52 Å². The van der Waals surface area contributed by atoms with Gasteiger partial charge in [-0.1, -0.05) is 12.1 Å². The Labute approximate surface area is 200 Å². The van der Waals surface area contributed by atoms with Crippen molar-refractivity contribution < 1.29 is 4.79 Å². The first-order chi connectivity index (χ1) is 16.7. The second-order valence-electron chi connectivity index (χ2n) is 9.23. The molecule has 1 atom stereocenters. The van der Waals surface area contributed by atoms with Gasteiger partial charge in [0.2, 0.25) is 0 Å². The van der Waals surface area contributed by atoms with E-state index in [-0.39, 0.29) is 5.91 Å². The number of likely N-dealkylation sites (tertiary alicyclic amines) is 1. The van der Waals surface area contributed by atoms with E-state index in [9.17, 15) is 4.79 Å². The number of aryl methyl sites for hydroxylation is 1. The van der Waals surface area contributed by atoms with Crippen LogP contribution in [0.1, 0.15) is 46.3 Å². The van der Waals surface area contributed by atoms with Crippen LogP contribution in [0.25, 0.3) is 5.52 Å². The van der Waals surface area contributed by atoms with E-state index in [0.29, 0.717) is 12.5 Å². The van der Waals surface area contributed by atoms with Crippen molar-refractivity contribution >= 4 is 17.1 Å². The number of carbonyl (C=O) groups excluding carboxylic acids is 1. The lowest BCUT2D eigenvalue weighted by atomic mass is 9.92. The van der Waals surface area contributed by atoms with E-state index >= 15 is 0 Å². The summed E-state index contributed by atoms with van der Waals surface area (Å²) in [7, 11) is 0. The first-order valence-corrected chi connectivity index (χ1v) is 12.1. The van der Waals surface area contributed by atoms with Gasteiger partial charge >= 0.3 is 0 Å². The van der Waals surface area contributed by atoms with Crippen LogP contribution in [0.4, 0.5) is 5.69 Å². The van der Waals surface area contributed by atoms with Crippen LogP contribution in [-0.2, 0) is 13.0 Å². The molecule has 1 amide bonds. The van der Waals surface area contributed by atoms with Gasteiger partial charge in [-0.3, -0.25) is 9.78 Å². The fraction of sp³-hybridized carbons (Fsp3) is 0.321. The molecule has 4 aromatic rings. The molecule has 0 bridgehead atoms. The fourth-order valence-electron chi connectivity index (χ4n) is 4.90. The average Bonchev–Trinajstić information content (AvgIpc) is 3.24. The summed E-state index contributed by atoms with van der Waals surface area (Å²) in [6.07, 6.45) is 11.7. The van der Waals surface area contributed by atoms with Crippen molar-refractivity contribution in [1.82, 2.24) is 19.5 Å². The molecule has 1 N–H and O–H groups in total. The Morgan fingerprint density at radius 1 is 1.06 bits per heavy atom. The lowest BCUT2D eigenvalue weighted by Crippen LogP contribution is -2.32. The van der Waals surface area contributed by atoms with E-state index in [1.54, 1.807) is 12.4 Å². The number of nitrogens with zero attached hydrogens (tertiary/aromatic N) is 4. The Morgan fingerprint density at radius 3 is 2.82 bits per heavy atom. The Kier molecular flexibility index (Phi) is 6.56. The quantitative estimate of drug-likeness (QED) is 0.439. The smallest absolute Gasteiger partial charge is 0.253 e. The van der Waals surface area contributed by atoms with Gasteiger partial charge in [-0.15, -0.1) is 0 Å². The zero-order chi connectivity index (χ0) is 23.3. The molecular weight excluding hydrogens is 422 g/mol. The first kappa shape index (κ1) is 22.1. The molecule has 1 aliphatic heterocycles. The van der Waals surface area contributed by atoms with Gasteiger partial charge in [0.25, 0.3) is 5.91 Å². The summed E-state index contributed by atoms with van der Waals surface area (Å²) in [5.41, 5.74) is 6.58. The van der Waals surface area contributed by atoms with Crippen LogP contribution in [0.3, 0.4) is 0 Å². The number of rotatable bonds is 6. The summed E-state index contributed by atoms with van der Waals surface area (Å²) in [4.78, 5) is 19.5. The number of aromatic nitrogens is 3. The first-order valence-electron chi connectivity index (χ1n) is 12.1. The molecule has 6 heteroatoms. The molecule has 1 fully saturated rings. The molecular formula is C28H31N5O. The van der Waals surface area contributed by atoms with Crippen molar-refractivity contribution in [3.63, 3.8) is 0 Å². The molecule has 1 aromatic carbocycles. The summed E-state index contributed by atoms with van der Waals surface area (Å²) >= 11 is 0. The average molecular weight is 454 g/mol. The van der Waals surface area contributed by atoms with Gasteiger partial charge in [0, 0.05) is 55.7 Å². The number of benzene rings is 1. The monoisotopic (exact) mass is 453 g/mol. The van der Waals surface area contributed by atoms with Crippen LogP contribution < -0.4 is 5.32 Å². The van der Waals surface area contributed by atoms with E-state index in [4.69, 9.17) is 0 Å². The molecule has 5 rings (SSSR count). The molecule has 0 spiro atoms. The maximum Gasteiger partial charge on any atom is 0.253 e. The summed E-state index contributed by atoms with van der Waals surface area (Å²) < 4.78 is 1.94. The normalized spacial score (nSPS) is 16.4. The highest BCUT2D eigenvalue weighted by Gasteiger charge is 2.23. The van der Waals surface area contributed by atoms with Gasteiger partial charge in [-0.05, 0) is 91.6 Å². The third-order valence-corrected chi connectivity index (χ3v) is 6.88. The molecule has 1 saturated heterocycles. The van der Waals surface area contributed by atoms with Crippen LogP contribution in [0.15, 0.2) is 73.3 Å². The van der Waals surface area contributed by atoms with Gasteiger partial charge in [0.15, 0.2) is 0 Å². The van der Waals surface area contributed by atoms with Crippen molar-refractivity contribution in [3.8, 4) is 0 Å². The molecule has 0 saturated carbocycles. The van der Waals surface area contributed by atoms with Crippen molar-refractivity contribution in [2.45, 2.75) is 39.2 Å². The number of nitrogens with one attached hydrogen (secondary N) is 1. The van der Waals surface area contributed by atoms with E-state index < -0.39 is 0 Å². The maximum atomic E-state index is 13.4. The van der Waals surface area contributed by atoms with Crippen molar-refractivity contribution in [2.24, 2.45) is 5.92 Å². The predicted molar refractivity (Wildman–Crippen MR) is 135 cm³/mol. The number of fused-ring (bicyclic) bond motifs is 1. The number of carbonyl (C=O) groups is 1. The number of hydrogen-bond acceptors (Lipinski definition) is 4. The zero-order valence-electron chi connectivity index (χ0n) is 19.7. The third kappa shape index (κ3) is 4.96. The highest BCUT2D eigenvalue weighted by molar-refractivity contribution is 5.95. The largest absolute Gasteiger partial charge is 0.381 e. The third-order valence-electron chi connectivity index (χ3n) is 6.88. The maximum absolute atomic E-state index is 13.4. The molecule has 34 heavy (non-hydrogen) atoms. The van der Waals surface area contributed by atoms with Crippen LogP contribution in [0.5, 0.6) is 0 Å². The minimum absolute atomic E-state index is 0.130. The van der Waals surface area contributed by atoms with Gasteiger partial charge in [0.05, 0.1) is 5.52 Å². The van der Waals surface area contributed by atoms with Crippen molar-refractivity contribution in [3.05, 3.63) is 95.6 Å². The zero-order valence-corrected chi connectivity index (χ0v) is 19.7. The van der Waals surface area contributed by atoms with Gasteiger partial charge in [0.1, 0.15) is 0 Å². The molecule has 174 valence electrons. The minimum Gasteiger partial charge on any atom is -0.381 e. The van der Waals surface area contributed by atoms with E-state index in [1.165, 1.54) is 11.1 Å². The van der Waals surface area contributed by atoms with E-state index in [1.807, 2.05) is 52.1 Å². The lowest BCUT2D eigenvalue weighted by Gasteiger charge is -2.22. The lowest BCUT2D eigenvalue weighted by molar-refractivity contribution is 0.0760. The number of hydrogen-bond donors (Lipinski definition) is 1. The SMILES string of the molecule is Cc1ccc(C(=O)N2CCC[C@H](Cc3cccn4nccc34)CC2)cc1NCc1ccncc1. The Bertz CT molecular complexity index is 1270. The van der Waals surface area contributed by atoms with Crippen LogP contribution in [0, 0.1) is 12.8 Å². The summed E-state index contributed by atoms with van der Waals surface area (Å²) in [5, 5.41) is 7.84. The minimum atomic E-state index is 0.130. The summed E-state index contributed by atoms with van der Waals surface area (Å²) in [6.45, 7) is 4.40. The highest BCUT2D eigenvalue weighted by atomic mass is 16.2. The van der Waals surface area contributed by atoms with E-state index in [2.05, 4.69) is 40.5 Å². The Morgan fingerprint density at radius 2 is 1.94 bits per heavy atom. The number of anilines is 1. The molecule has 3 aromatic heterocycles. The van der Waals surface area contributed by atoms with E-state index in [0.717, 1.165) is 61.2 Å². The Balaban J connectivity index is 1.23. The molecule has 0 unspecified atom stereocenters. The van der Waals surface area contributed by atoms with Crippen LogP contribution in [-0.4, -0.2) is 38.5 Å². The molecule has 0 radical (unpaired) electrons. The van der Waals surface area contributed by atoms with Crippen LogP contribution in [0.2, 0.25) is 0 Å². The van der Waals surface area contributed by atoms with Crippen molar-refractivity contribution in [1.29, 1.82) is 0 Å². The standard InChI is InChI=1S/C28H31N5O/c1-21-6-7-25(19-26(21)30-20-23-8-12-29-13-9-23)28(34)32-15-2-4-22(11-17-32)18-24-5-3-16-33-27(24)10-14-31-33/h3,5-10,12-14,16,19,22,30H,2,4,11,15,17-18,20H2,1H3/t22-/m0/s1. The second kappa shape index (κ2) is 10.1. The molecule has 0 aliphatic carbocycles. The fourth-order valence-corrected chi connectivity index (χ4v) is 4.90. The van der Waals surface area contributed by atoms with Crippen LogP contribution >= 0.6 is 0 Å². The molecule has 6 nitrogen and oxygen atoms in total. The number of pyridine rings is 2. The van der Waals surface area contributed by atoms with Gasteiger partial charge < -0.3 is 10.2 Å². The summed E-state index contributed by atoms with van der Waals surface area (Å²) in [6, 6.07) is 16.3. The topological polar surface area (TPSA) is 62.5 Å². The second-order valence-corrected chi connectivity index (χ2v) is 9.23. The number of amides is 1. The van der Waals surface area contributed by atoms with Crippen molar-refractivity contribution in [2.75, 3.05) is 18.4 Å². The van der Waals surface area contributed by atoms with Gasteiger partial charge in [-0.2, -0.15) is 5.10 Å². The Hall–Kier alpha value is -3.67. The summed E-state index contributed by atoms with van der Waals surface area (Å²) in [5.74, 6) is 0.708. The highest BCUT2D eigenvalue weighted by Crippen LogP contribution is 2.26. The molecule has 1 aliphatic rings. The predicted octanol–water partition coefficient (Wildman–Crippen LogP) is 5.13. The molecule has 4 heterocycles.